The molecule has 0 spiro atoms. The van der Waals surface area contributed by atoms with Crippen LogP contribution < -0.4 is 14.2 Å². The molecule has 21 heavy (non-hydrogen) atoms. The summed E-state index contributed by atoms with van der Waals surface area (Å²) in [5.74, 6) is 0.527. The molecule has 0 aromatic heterocycles. The van der Waals surface area contributed by atoms with Crippen LogP contribution in [0.15, 0.2) is 36.4 Å². The van der Waals surface area contributed by atoms with Crippen molar-refractivity contribution in [2.75, 3.05) is 21.3 Å². The van der Waals surface area contributed by atoms with Crippen molar-refractivity contribution in [3.8, 4) is 17.2 Å². The Bertz CT molecular complexity index is 628. The molecule has 2 aromatic carbocycles. The van der Waals surface area contributed by atoms with Crippen LogP contribution >= 0.6 is 0 Å². The maximum absolute atomic E-state index is 14.2. The van der Waals surface area contributed by atoms with E-state index in [9.17, 15) is 9.50 Å². The van der Waals surface area contributed by atoms with E-state index in [1.165, 1.54) is 33.5 Å². The highest BCUT2D eigenvalue weighted by atomic mass is 19.1. The topological polar surface area (TPSA) is 47.9 Å². The molecule has 0 saturated carbocycles. The van der Waals surface area contributed by atoms with Crippen molar-refractivity contribution in [3.05, 3.63) is 53.3 Å². The maximum atomic E-state index is 14.2. The Hall–Kier alpha value is -2.27. The fraction of sp³-hybridized carbons (Fsp3) is 0.250. The van der Waals surface area contributed by atoms with Gasteiger partial charge in [0, 0.05) is 17.2 Å². The number of rotatable bonds is 5. The van der Waals surface area contributed by atoms with Crippen LogP contribution in [0.25, 0.3) is 0 Å². The predicted octanol–water partition coefficient (Wildman–Crippen LogP) is 2.93. The number of benzene rings is 2. The first-order valence-electron chi connectivity index (χ1n) is 6.34. The molecule has 1 N–H and O–H groups in total. The summed E-state index contributed by atoms with van der Waals surface area (Å²) < 4.78 is 29.6. The fourth-order valence-electron chi connectivity index (χ4n) is 2.14. The van der Waals surface area contributed by atoms with Crippen LogP contribution in [0.4, 0.5) is 4.39 Å². The summed E-state index contributed by atoms with van der Waals surface area (Å²) in [6.45, 7) is 0. The van der Waals surface area contributed by atoms with E-state index in [1.807, 2.05) is 0 Å². The van der Waals surface area contributed by atoms with Gasteiger partial charge in [-0.1, -0.05) is 18.2 Å². The molecule has 2 aromatic rings. The molecule has 0 aliphatic rings. The van der Waals surface area contributed by atoms with Gasteiger partial charge < -0.3 is 19.3 Å². The van der Waals surface area contributed by atoms with Crippen molar-refractivity contribution in [2.24, 2.45) is 0 Å². The summed E-state index contributed by atoms with van der Waals surface area (Å²) in [6.07, 6.45) is -1.17. The summed E-state index contributed by atoms with van der Waals surface area (Å²) in [6, 6.07) is 9.52. The first-order chi connectivity index (χ1) is 10.1. The molecular formula is C16H17FO4. The Kier molecular flexibility index (Phi) is 4.65. The predicted molar refractivity (Wildman–Crippen MR) is 76.6 cm³/mol. The molecule has 112 valence electrons. The number of methoxy groups -OCH3 is 3. The van der Waals surface area contributed by atoms with Crippen molar-refractivity contribution in [1.29, 1.82) is 0 Å². The molecule has 2 rings (SSSR count). The zero-order valence-corrected chi connectivity index (χ0v) is 12.1. The number of para-hydroxylation sites is 1. The number of aliphatic hydroxyl groups is 1. The van der Waals surface area contributed by atoms with Crippen LogP contribution in [-0.2, 0) is 0 Å². The van der Waals surface area contributed by atoms with Gasteiger partial charge in [0.05, 0.1) is 21.3 Å². The highest BCUT2D eigenvalue weighted by Crippen LogP contribution is 2.36. The van der Waals surface area contributed by atoms with Gasteiger partial charge in [0.2, 0.25) is 0 Å². The normalized spacial score (nSPS) is 11.9. The average molecular weight is 292 g/mol. The van der Waals surface area contributed by atoms with E-state index in [0.717, 1.165) is 0 Å². The third kappa shape index (κ3) is 2.92. The molecule has 0 heterocycles. The number of hydrogen-bond acceptors (Lipinski definition) is 4. The highest BCUT2D eigenvalue weighted by molar-refractivity contribution is 5.48. The summed E-state index contributed by atoms with van der Waals surface area (Å²) in [5, 5.41) is 10.5. The number of ether oxygens (including phenoxy) is 3. The van der Waals surface area contributed by atoms with Gasteiger partial charge in [0.1, 0.15) is 17.7 Å². The first kappa shape index (κ1) is 15.1. The molecule has 0 amide bonds. The molecule has 0 aliphatic heterocycles. The van der Waals surface area contributed by atoms with Gasteiger partial charge in [-0.05, 0) is 12.1 Å². The lowest BCUT2D eigenvalue weighted by Crippen LogP contribution is -2.06. The molecule has 0 radical (unpaired) electrons. The van der Waals surface area contributed by atoms with Crippen molar-refractivity contribution < 1.29 is 23.7 Å². The third-order valence-electron chi connectivity index (χ3n) is 3.23. The highest BCUT2D eigenvalue weighted by Gasteiger charge is 2.21. The number of halogens is 1. The smallest absolute Gasteiger partial charge is 0.163 e. The molecule has 0 aliphatic carbocycles. The van der Waals surface area contributed by atoms with Gasteiger partial charge in [-0.25, -0.2) is 4.39 Å². The van der Waals surface area contributed by atoms with Crippen LogP contribution in [0.2, 0.25) is 0 Å². The minimum Gasteiger partial charge on any atom is -0.496 e. The Morgan fingerprint density at radius 1 is 0.857 bits per heavy atom. The lowest BCUT2D eigenvalue weighted by Gasteiger charge is -2.17. The van der Waals surface area contributed by atoms with Gasteiger partial charge in [-0.15, -0.1) is 0 Å². The van der Waals surface area contributed by atoms with E-state index in [0.29, 0.717) is 17.1 Å². The molecule has 1 unspecified atom stereocenters. The molecule has 4 nitrogen and oxygen atoms in total. The van der Waals surface area contributed by atoms with Gasteiger partial charge in [0.25, 0.3) is 0 Å². The Morgan fingerprint density at radius 3 is 2.05 bits per heavy atom. The lowest BCUT2D eigenvalue weighted by molar-refractivity contribution is 0.208. The fourth-order valence-corrected chi connectivity index (χ4v) is 2.14. The zero-order valence-electron chi connectivity index (χ0n) is 12.1. The number of hydrogen-bond donors (Lipinski definition) is 1. The Labute approximate surface area is 122 Å². The van der Waals surface area contributed by atoms with Crippen molar-refractivity contribution in [3.63, 3.8) is 0 Å². The average Bonchev–Trinajstić information content (AvgIpc) is 2.53. The molecular weight excluding hydrogens is 275 g/mol. The minimum absolute atomic E-state index is 0.0946. The second-order valence-electron chi connectivity index (χ2n) is 4.37. The summed E-state index contributed by atoms with van der Waals surface area (Å²) in [5.41, 5.74) is 0.572. The quantitative estimate of drug-likeness (QED) is 0.920. The van der Waals surface area contributed by atoms with Gasteiger partial charge >= 0.3 is 0 Å². The lowest BCUT2D eigenvalue weighted by atomic mass is 9.99. The Morgan fingerprint density at radius 2 is 1.43 bits per heavy atom. The molecule has 1 atom stereocenters. The van der Waals surface area contributed by atoms with E-state index in [2.05, 4.69) is 0 Å². The molecule has 0 fully saturated rings. The van der Waals surface area contributed by atoms with Gasteiger partial charge in [-0.3, -0.25) is 0 Å². The summed E-state index contributed by atoms with van der Waals surface area (Å²) in [7, 11) is 4.37. The standard InChI is InChI=1S/C16H17FO4/c1-19-13-7-5-4-6-10(13)16(18)11-8-14(20-2)15(21-3)9-12(11)17/h4-9,16,18H,1-3H3. The van der Waals surface area contributed by atoms with Crippen LogP contribution in [0.3, 0.4) is 0 Å². The van der Waals surface area contributed by atoms with Crippen LogP contribution in [0, 0.1) is 5.82 Å². The summed E-state index contributed by atoms with van der Waals surface area (Å²) >= 11 is 0. The monoisotopic (exact) mass is 292 g/mol. The van der Waals surface area contributed by atoms with Gasteiger partial charge in [0.15, 0.2) is 11.5 Å². The van der Waals surface area contributed by atoms with Crippen LogP contribution in [0.5, 0.6) is 17.2 Å². The first-order valence-corrected chi connectivity index (χ1v) is 6.34. The molecule has 0 saturated heterocycles. The summed E-state index contributed by atoms with van der Waals surface area (Å²) in [4.78, 5) is 0. The second kappa shape index (κ2) is 6.45. The van der Waals surface area contributed by atoms with E-state index in [-0.39, 0.29) is 11.3 Å². The second-order valence-corrected chi connectivity index (χ2v) is 4.37. The van der Waals surface area contributed by atoms with Crippen molar-refractivity contribution in [1.82, 2.24) is 0 Å². The van der Waals surface area contributed by atoms with E-state index >= 15 is 0 Å². The van der Waals surface area contributed by atoms with E-state index in [4.69, 9.17) is 14.2 Å². The van der Waals surface area contributed by atoms with E-state index < -0.39 is 11.9 Å². The zero-order chi connectivity index (χ0) is 15.4. The van der Waals surface area contributed by atoms with Crippen molar-refractivity contribution in [2.45, 2.75) is 6.10 Å². The largest absolute Gasteiger partial charge is 0.496 e. The van der Waals surface area contributed by atoms with Gasteiger partial charge in [-0.2, -0.15) is 0 Å². The van der Waals surface area contributed by atoms with Crippen LogP contribution in [0.1, 0.15) is 17.2 Å². The Balaban J connectivity index is 2.50. The van der Waals surface area contributed by atoms with Crippen molar-refractivity contribution >= 4 is 0 Å². The van der Waals surface area contributed by atoms with E-state index in [1.54, 1.807) is 24.3 Å². The number of aliphatic hydroxyl groups excluding tert-OH is 1. The SMILES string of the molecule is COc1cc(F)c(C(O)c2ccccc2OC)cc1OC. The maximum Gasteiger partial charge on any atom is 0.163 e. The third-order valence-corrected chi connectivity index (χ3v) is 3.23. The molecule has 5 heteroatoms. The van der Waals surface area contributed by atoms with Crippen LogP contribution in [-0.4, -0.2) is 26.4 Å². The minimum atomic E-state index is -1.17. The molecule has 0 bridgehead atoms.